The number of hydrogen-bond donors (Lipinski definition) is 2. The molecule has 0 aliphatic carbocycles. The average molecular weight is 292 g/mol. The van der Waals surface area contributed by atoms with E-state index in [-0.39, 0.29) is 11.7 Å². The first-order chi connectivity index (χ1) is 8.42. The Morgan fingerprint density at radius 2 is 2.17 bits per heavy atom. The number of thioether (sulfide) groups is 1. The van der Waals surface area contributed by atoms with Crippen molar-refractivity contribution in [2.24, 2.45) is 0 Å². The normalized spacial score (nSPS) is 13.5. The van der Waals surface area contributed by atoms with Gasteiger partial charge in [0, 0.05) is 11.8 Å². The van der Waals surface area contributed by atoms with E-state index >= 15 is 0 Å². The van der Waals surface area contributed by atoms with Crippen molar-refractivity contribution in [3.05, 3.63) is 24.0 Å². The summed E-state index contributed by atoms with van der Waals surface area (Å²) in [4.78, 5) is -0.468. The fourth-order valence-electron chi connectivity index (χ4n) is 1.52. The monoisotopic (exact) mass is 292 g/mol. The summed E-state index contributed by atoms with van der Waals surface area (Å²) in [6, 6.07) is 3.60. The van der Waals surface area contributed by atoms with Gasteiger partial charge in [-0.1, -0.05) is 13.0 Å². The van der Waals surface area contributed by atoms with Gasteiger partial charge in [0.15, 0.2) is 0 Å². The van der Waals surface area contributed by atoms with Crippen LogP contribution in [0.25, 0.3) is 0 Å². The molecule has 102 valence electrons. The number of nitrogen functional groups attached to an aromatic ring is 1. The highest BCUT2D eigenvalue weighted by Crippen LogP contribution is 2.22. The summed E-state index contributed by atoms with van der Waals surface area (Å²) in [6.07, 6.45) is 2.52. The van der Waals surface area contributed by atoms with E-state index in [9.17, 15) is 12.8 Å². The molecule has 0 amide bonds. The topological polar surface area (TPSA) is 72.2 Å². The fraction of sp³-hybridized carbons (Fsp3) is 0.455. The second-order valence-corrected chi connectivity index (χ2v) is 6.40. The third-order valence-electron chi connectivity index (χ3n) is 2.45. The Hall–Kier alpha value is -0.790. The van der Waals surface area contributed by atoms with Crippen molar-refractivity contribution >= 4 is 27.5 Å². The maximum atomic E-state index is 13.6. The van der Waals surface area contributed by atoms with Crippen LogP contribution in [0.3, 0.4) is 0 Å². The van der Waals surface area contributed by atoms with Crippen LogP contribution in [0.2, 0.25) is 0 Å². The van der Waals surface area contributed by atoms with Gasteiger partial charge in [-0.05, 0) is 24.8 Å². The van der Waals surface area contributed by atoms with E-state index in [0.29, 0.717) is 12.2 Å². The molecule has 0 aliphatic heterocycles. The molecule has 3 N–H and O–H groups in total. The molecule has 4 nitrogen and oxygen atoms in total. The van der Waals surface area contributed by atoms with Gasteiger partial charge in [0.2, 0.25) is 10.0 Å². The fourth-order valence-corrected chi connectivity index (χ4v) is 3.86. The van der Waals surface area contributed by atoms with Gasteiger partial charge in [0.25, 0.3) is 0 Å². The minimum Gasteiger partial charge on any atom is -0.398 e. The molecule has 1 aromatic carbocycles. The van der Waals surface area contributed by atoms with E-state index < -0.39 is 20.7 Å². The lowest BCUT2D eigenvalue weighted by atomic mass is 10.3. The number of nitrogens with one attached hydrogen (secondary N) is 1. The maximum absolute atomic E-state index is 13.6. The summed E-state index contributed by atoms with van der Waals surface area (Å²) in [5.41, 5.74) is 5.45. The van der Waals surface area contributed by atoms with Crippen molar-refractivity contribution in [1.82, 2.24) is 4.72 Å². The molecule has 0 radical (unpaired) electrons. The lowest BCUT2D eigenvalue weighted by Crippen LogP contribution is -2.36. The Balaban J connectivity index is 3.06. The number of halogens is 1. The summed E-state index contributed by atoms with van der Waals surface area (Å²) in [5, 5.41) is 0. The zero-order valence-electron chi connectivity index (χ0n) is 10.3. The van der Waals surface area contributed by atoms with E-state index in [0.717, 1.165) is 6.07 Å². The van der Waals surface area contributed by atoms with Gasteiger partial charge in [-0.3, -0.25) is 0 Å². The summed E-state index contributed by atoms with van der Waals surface area (Å²) in [7, 11) is -3.92. The van der Waals surface area contributed by atoms with Crippen molar-refractivity contribution in [1.29, 1.82) is 0 Å². The SMILES string of the molecule is CCC(CSC)NS(=O)(=O)c1c(N)cccc1F. The smallest absolute Gasteiger partial charge is 0.245 e. The van der Waals surface area contributed by atoms with E-state index in [2.05, 4.69) is 4.72 Å². The molecule has 7 heteroatoms. The highest BCUT2D eigenvalue weighted by Gasteiger charge is 2.24. The summed E-state index contributed by atoms with van der Waals surface area (Å²) < 4.78 is 40.2. The van der Waals surface area contributed by atoms with Gasteiger partial charge >= 0.3 is 0 Å². The molecule has 0 aromatic heterocycles. The number of nitrogens with two attached hydrogens (primary N) is 1. The molecule has 0 heterocycles. The second kappa shape index (κ2) is 6.40. The summed E-state index contributed by atoms with van der Waals surface area (Å²) >= 11 is 1.53. The van der Waals surface area contributed by atoms with Crippen LogP contribution in [0.1, 0.15) is 13.3 Å². The summed E-state index contributed by atoms with van der Waals surface area (Å²) in [6.45, 7) is 1.87. The number of anilines is 1. The predicted octanol–water partition coefficient (Wildman–Crippen LogP) is 1.83. The van der Waals surface area contributed by atoms with Gasteiger partial charge in [-0.2, -0.15) is 11.8 Å². The Morgan fingerprint density at radius 1 is 1.50 bits per heavy atom. The van der Waals surface area contributed by atoms with Gasteiger partial charge in [-0.25, -0.2) is 17.5 Å². The molecule has 0 fully saturated rings. The van der Waals surface area contributed by atoms with Crippen LogP contribution in [0.15, 0.2) is 23.1 Å². The van der Waals surface area contributed by atoms with Crippen molar-refractivity contribution in [3.8, 4) is 0 Å². The van der Waals surface area contributed by atoms with Gasteiger partial charge in [0.05, 0.1) is 5.69 Å². The molecule has 0 bridgehead atoms. The molecule has 1 aromatic rings. The van der Waals surface area contributed by atoms with E-state index in [4.69, 9.17) is 5.73 Å². The van der Waals surface area contributed by atoms with Crippen molar-refractivity contribution in [2.75, 3.05) is 17.7 Å². The summed E-state index contributed by atoms with van der Waals surface area (Å²) in [5.74, 6) is -0.203. The molecule has 1 atom stereocenters. The van der Waals surface area contributed by atoms with E-state index in [1.54, 1.807) is 0 Å². The Morgan fingerprint density at radius 3 is 2.67 bits per heavy atom. The van der Waals surface area contributed by atoms with Crippen molar-refractivity contribution in [3.63, 3.8) is 0 Å². The second-order valence-electron chi connectivity index (χ2n) is 3.84. The maximum Gasteiger partial charge on any atom is 0.245 e. The van der Waals surface area contributed by atoms with Crippen molar-refractivity contribution < 1.29 is 12.8 Å². The van der Waals surface area contributed by atoms with Gasteiger partial charge in [-0.15, -0.1) is 0 Å². The highest BCUT2D eigenvalue weighted by atomic mass is 32.2. The zero-order chi connectivity index (χ0) is 13.8. The van der Waals surface area contributed by atoms with E-state index in [1.807, 2.05) is 13.2 Å². The first-order valence-electron chi connectivity index (χ1n) is 5.47. The Bertz CT molecular complexity index is 486. The quantitative estimate of drug-likeness (QED) is 0.785. The Kier molecular flexibility index (Phi) is 5.43. The third kappa shape index (κ3) is 3.60. The van der Waals surface area contributed by atoms with Crippen molar-refractivity contribution in [2.45, 2.75) is 24.3 Å². The van der Waals surface area contributed by atoms with Crippen LogP contribution in [0.5, 0.6) is 0 Å². The highest BCUT2D eigenvalue weighted by molar-refractivity contribution is 7.98. The minimum atomic E-state index is -3.92. The van der Waals surface area contributed by atoms with Crippen LogP contribution in [-0.4, -0.2) is 26.5 Å². The number of sulfonamides is 1. The predicted molar refractivity (Wildman–Crippen MR) is 73.6 cm³/mol. The lowest BCUT2D eigenvalue weighted by Gasteiger charge is -2.17. The molecular formula is C11H17FN2O2S2. The molecule has 18 heavy (non-hydrogen) atoms. The van der Waals surface area contributed by atoms with Gasteiger partial charge < -0.3 is 5.73 Å². The molecule has 0 spiro atoms. The van der Waals surface area contributed by atoms with Crippen LogP contribution in [0, 0.1) is 5.82 Å². The molecule has 0 saturated carbocycles. The number of rotatable bonds is 6. The van der Waals surface area contributed by atoms with Crippen LogP contribution < -0.4 is 10.5 Å². The number of hydrogen-bond acceptors (Lipinski definition) is 4. The van der Waals surface area contributed by atoms with Crippen LogP contribution in [0.4, 0.5) is 10.1 Å². The zero-order valence-corrected chi connectivity index (χ0v) is 11.9. The first kappa shape index (κ1) is 15.3. The lowest BCUT2D eigenvalue weighted by molar-refractivity contribution is 0.542. The van der Waals surface area contributed by atoms with Crippen LogP contribution >= 0.6 is 11.8 Å². The number of benzene rings is 1. The molecule has 1 rings (SSSR count). The van der Waals surface area contributed by atoms with E-state index in [1.165, 1.54) is 23.9 Å². The molecule has 0 aliphatic rings. The van der Waals surface area contributed by atoms with Gasteiger partial charge in [0.1, 0.15) is 10.7 Å². The standard InChI is InChI=1S/C11H17FN2O2S2/c1-3-8(7-17-2)14-18(15,16)11-9(12)5-4-6-10(11)13/h4-6,8,14H,3,7,13H2,1-2H3. The molecule has 1 unspecified atom stereocenters. The molecular weight excluding hydrogens is 275 g/mol. The Labute approximate surface area is 111 Å². The third-order valence-corrected chi connectivity index (χ3v) is 4.80. The molecule has 0 saturated heterocycles. The minimum absolute atomic E-state index is 0.0819. The van der Waals surface area contributed by atoms with Crippen LogP contribution in [-0.2, 0) is 10.0 Å². The first-order valence-corrected chi connectivity index (χ1v) is 8.35. The average Bonchev–Trinajstić information content (AvgIpc) is 2.27. The largest absolute Gasteiger partial charge is 0.398 e.